The molecule has 0 bridgehead atoms. The summed E-state index contributed by atoms with van der Waals surface area (Å²) in [5, 5.41) is 0. The van der Waals surface area contributed by atoms with Crippen LogP contribution in [0.25, 0.3) is 10.2 Å². The first-order valence-corrected chi connectivity index (χ1v) is 7.91. The lowest BCUT2D eigenvalue weighted by molar-refractivity contribution is -0.141. The maximum Gasteiger partial charge on any atom is 0.268 e. The van der Waals surface area contributed by atoms with Gasteiger partial charge in [-0.1, -0.05) is 23.5 Å². The third-order valence-corrected chi connectivity index (χ3v) is 4.63. The highest BCUT2D eigenvalue weighted by atomic mass is 32.1. The molecule has 0 saturated carbocycles. The zero-order valence-electron chi connectivity index (χ0n) is 12.1. The van der Waals surface area contributed by atoms with Gasteiger partial charge in [-0.3, -0.25) is 19.3 Å². The molecule has 0 spiro atoms. The largest absolute Gasteiger partial charge is 0.317 e. The van der Waals surface area contributed by atoms with Crippen molar-refractivity contribution in [3.8, 4) is 0 Å². The van der Waals surface area contributed by atoms with E-state index in [2.05, 4.69) is 4.99 Å². The molecule has 1 aromatic carbocycles. The molecule has 0 radical (unpaired) electrons. The van der Waals surface area contributed by atoms with Gasteiger partial charge in [0.25, 0.3) is 5.91 Å². The van der Waals surface area contributed by atoms with E-state index in [0.717, 1.165) is 15.1 Å². The standard InChI is InChI=1S/C15H15N3O3S/c1-2-17-10-5-3-4-6-11(10)22-15(17)16-12(19)9-18-13(20)7-8-14(18)21/h3-6H,2,7-9H2,1H3. The number of likely N-dealkylation sites (tertiary alicyclic amines) is 1. The number of thiazole rings is 1. The normalized spacial score (nSPS) is 16.0. The zero-order valence-corrected chi connectivity index (χ0v) is 12.9. The number of nitrogens with zero attached hydrogens (tertiary/aromatic N) is 3. The van der Waals surface area contributed by atoms with Crippen LogP contribution >= 0.6 is 11.3 Å². The van der Waals surface area contributed by atoms with E-state index in [-0.39, 0.29) is 31.2 Å². The van der Waals surface area contributed by atoms with Crippen molar-refractivity contribution in [1.82, 2.24) is 9.47 Å². The molecule has 6 nitrogen and oxygen atoms in total. The summed E-state index contributed by atoms with van der Waals surface area (Å²) in [6.07, 6.45) is 0.369. The Hall–Kier alpha value is -2.28. The van der Waals surface area contributed by atoms with Crippen LogP contribution in [0, 0.1) is 0 Å². The fraction of sp³-hybridized carbons (Fsp3) is 0.333. The SMILES string of the molecule is CCn1c(=NC(=O)CN2C(=O)CCC2=O)sc2ccccc21. The molecule has 114 valence electrons. The summed E-state index contributed by atoms with van der Waals surface area (Å²) >= 11 is 1.42. The number of imide groups is 1. The van der Waals surface area contributed by atoms with Crippen LogP contribution < -0.4 is 4.80 Å². The van der Waals surface area contributed by atoms with E-state index in [4.69, 9.17) is 0 Å². The van der Waals surface area contributed by atoms with E-state index in [9.17, 15) is 14.4 Å². The van der Waals surface area contributed by atoms with Crippen LogP contribution in [0.5, 0.6) is 0 Å². The molecule has 3 amide bonds. The van der Waals surface area contributed by atoms with Gasteiger partial charge in [-0.15, -0.1) is 0 Å². The van der Waals surface area contributed by atoms with Gasteiger partial charge in [-0.25, -0.2) is 0 Å². The molecule has 22 heavy (non-hydrogen) atoms. The van der Waals surface area contributed by atoms with Gasteiger partial charge in [0.15, 0.2) is 4.80 Å². The molecule has 1 saturated heterocycles. The van der Waals surface area contributed by atoms with Crippen molar-refractivity contribution < 1.29 is 14.4 Å². The van der Waals surface area contributed by atoms with Crippen molar-refractivity contribution in [3.05, 3.63) is 29.1 Å². The van der Waals surface area contributed by atoms with Crippen molar-refractivity contribution in [2.24, 2.45) is 4.99 Å². The average Bonchev–Trinajstić information content (AvgIpc) is 3.01. The first kappa shape index (κ1) is 14.6. The Kier molecular flexibility index (Phi) is 3.89. The maximum atomic E-state index is 12.1. The lowest BCUT2D eigenvalue weighted by Crippen LogP contribution is -2.34. The number of para-hydroxylation sites is 1. The van der Waals surface area contributed by atoms with Crippen LogP contribution in [0.2, 0.25) is 0 Å². The van der Waals surface area contributed by atoms with E-state index >= 15 is 0 Å². The van der Waals surface area contributed by atoms with Crippen molar-refractivity contribution >= 4 is 39.3 Å². The van der Waals surface area contributed by atoms with Gasteiger partial charge in [0.2, 0.25) is 11.8 Å². The van der Waals surface area contributed by atoms with Gasteiger partial charge in [-0.05, 0) is 19.1 Å². The Morgan fingerprint density at radius 1 is 1.23 bits per heavy atom. The minimum atomic E-state index is -0.475. The lowest BCUT2D eigenvalue weighted by atomic mass is 10.3. The van der Waals surface area contributed by atoms with E-state index < -0.39 is 5.91 Å². The second-order valence-electron chi connectivity index (χ2n) is 4.98. The lowest BCUT2D eigenvalue weighted by Gasteiger charge is -2.10. The second-order valence-corrected chi connectivity index (χ2v) is 5.98. The Bertz CT molecular complexity index is 818. The smallest absolute Gasteiger partial charge is 0.268 e. The van der Waals surface area contributed by atoms with Crippen molar-refractivity contribution in [3.63, 3.8) is 0 Å². The highest BCUT2D eigenvalue weighted by Gasteiger charge is 2.30. The number of rotatable bonds is 3. The molecule has 1 aliphatic rings. The van der Waals surface area contributed by atoms with Crippen LogP contribution in [-0.2, 0) is 20.9 Å². The Morgan fingerprint density at radius 2 is 1.91 bits per heavy atom. The van der Waals surface area contributed by atoms with Crippen LogP contribution in [0.15, 0.2) is 29.3 Å². The number of benzene rings is 1. The van der Waals surface area contributed by atoms with E-state index in [1.54, 1.807) is 0 Å². The first-order valence-electron chi connectivity index (χ1n) is 7.09. The Labute approximate surface area is 130 Å². The minimum absolute atomic E-state index is 0.184. The fourth-order valence-corrected chi connectivity index (χ4v) is 3.60. The van der Waals surface area contributed by atoms with Crippen LogP contribution in [0.4, 0.5) is 0 Å². The van der Waals surface area contributed by atoms with E-state index in [0.29, 0.717) is 11.3 Å². The van der Waals surface area contributed by atoms with Gasteiger partial charge in [0.05, 0.1) is 10.2 Å². The van der Waals surface area contributed by atoms with Crippen LogP contribution in [0.3, 0.4) is 0 Å². The van der Waals surface area contributed by atoms with Crippen molar-refractivity contribution in [2.45, 2.75) is 26.3 Å². The number of carbonyl (C=O) groups is 3. The van der Waals surface area contributed by atoms with Gasteiger partial charge in [0, 0.05) is 19.4 Å². The molecule has 0 N–H and O–H groups in total. The molecule has 0 atom stereocenters. The van der Waals surface area contributed by atoms with Gasteiger partial charge >= 0.3 is 0 Å². The summed E-state index contributed by atoms with van der Waals surface area (Å²) < 4.78 is 3.00. The van der Waals surface area contributed by atoms with Crippen LogP contribution in [-0.4, -0.2) is 33.7 Å². The minimum Gasteiger partial charge on any atom is -0.317 e. The van der Waals surface area contributed by atoms with Crippen LogP contribution in [0.1, 0.15) is 19.8 Å². The second kappa shape index (κ2) is 5.84. The maximum absolute atomic E-state index is 12.1. The zero-order chi connectivity index (χ0) is 15.7. The van der Waals surface area contributed by atoms with Gasteiger partial charge in [-0.2, -0.15) is 4.99 Å². The third kappa shape index (κ3) is 2.59. The predicted molar refractivity (Wildman–Crippen MR) is 82.0 cm³/mol. The number of carbonyl (C=O) groups excluding carboxylic acids is 3. The number of amides is 3. The number of hydrogen-bond acceptors (Lipinski definition) is 4. The Balaban J connectivity index is 1.93. The van der Waals surface area contributed by atoms with Gasteiger partial charge in [0.1, 0.15) is 6.54 Å². The predicted octanol–water partition coefficient (Wildman–Crippen LogP) is 1.30. The number of fused-ring (bicyclic) bond motifs is 1. The number of hydrogen-bond donors (Lipinski definition) is 0. The number of aryl methyl sites for hydroxylation is 1. The summed E-state index contributed by atoms with van der Waals surface area (Å²) in [6.45, 7) is 2.41. The summed E-state index contributed by atoms with van der Waals surface area (Å²) in [6, 6.07) is 7.83. The summed E-state index contributed by atoms with van der Waals surface area (Å²) in [5.41, 5.74) is 1.02. The highest BCUT2D eigenvalue weighted by Crippen LogP contribution is 2.16. The van der Waals surface area contributed by atoms with E-state index in [1.807, 2.05) is 35.8 Å². The molecular weight excluding hydrogens is 302 g/mol. The Morgan fingerprint density at radius 3 is 2.59 bits per heavy atom. The monoisotopic (exact) mass is 317 g/mol. The topological polar surface area (TPSA) is 71.7 Å². The molecule has 1 aromatic heterocycles. The molecule has 0 unspecified atom stereocenters. The quantitative estimate of drug-likeness (QED) is 0.801. The van der Waals surface area contributed by atoms with Crippen molar-refractivity contribution in [2.75, 3.05) is 6.54 Å². The summed E-state index contributed by atoms with van der Waals surface area (Å²) in [7, 11) is 0. The fourth-order valence-electron chi connectivity index (χ4n) is 2.49. The molecule has 1 fully saturated rings. The summed E-state index contributed by atoms with van der Waals surface area (Å²) in [4.78, 5) is 40.9. The first-order chi connectivity index (χ1) is 10.6. The van der Waals surface area contributed by atoms with E-state index in [1.165, 1.54) is 11.3 Å². The number of aromatic nitrogens is 1. The molecular formula is C15H15N3O3S. The highest BCUT2D eigenvalue weighted by molar-refractivity contribution is 7.16. The third-order valence-electron chi connectivity index (χ3n) is 3.57. The molecule has 2 aromatic rings. The summed E-state index contributed by atoms with van der Waals surface area (Å²) in [5.74, 6) is -1.07. The molecule has 0 aliphatic carbocycles. The average molecular weight is 317 g/mol. The van der Waals surface area contributed by atoms with Gasteiger partial charge < -0.3 is 4.57 Å². The van der Waals surface area contributed by atoms with Crippen molar-refractivity contribution in [1.29, 1.82) is 0 Å². The molecule has 1 aliphatic heterocycles. The molecule has 7 heteroatoms. The molecule has 3 rings (SSSR count). The molecule has 2 heterocycles.